The molecule has 0 aliphatic heterocycles. The standard InChI is InChI=1S/C12H18N4O2S/c1-10(2)16(9-3-8-13)19(17,18)12-6-4-11(15-14)5-7-12/h4-7,10,15H,3,9,14H2,1-2H3. The Balaban J connectivity index is 3.08. The molecule has 0 atom stereocenters. The van der Waals surface area contributed by atoms with Crippen molar-refractivity contribution in [2.75, 3.05) is 12.0 Å². The van der Waals surface area contributed by atoms with E-state index in [-0.39, 0.29) is 23.9 Å². The van der Waals surface area contributed by atoms with Gasteiger partial charge in [-0.15, -0.1) is 0 Å². The fourth-order valence-electron chi connectivity index (χ4n) is 1.67. The first kappa shape index (κ1) is 15.4. The number of nitrogens with zero attached hydrogens (tertiary/aromatic N) is 2. The minimum Gasteiger partial charge on any atom is -0.324 e. The maximum absolute atomic E-state index is 12.4. The van der Waals surface area contributed by atoms with Gasteiger partial charge in [-0.1, -0.05) is 0 Å². The van der Waals surface area contributed by atoms with Crippen molar-refractivity contribution in [2.45, 2.75) is 31.2 Å². The van der Waals surface area contributed by atoms with Crippen molar-refractivity contribution >= 4 is 15.7 Å². The molecule has 1 aromatic carbocycles. The number of rotatable bonds is 6. The summed E-state index contributed by atoms with van der Waals surface area (Å²) in [5.41, 5.74) is 3.07. The van der Waals surface area contributed by atoms with Crippen LogP contribution in [0.3, 0.4) is 0 Å². The number of hydrazine groups is 1. The molecule has 19 heavy (non-hydrogen) atoms. The molecule has 0 saturated heterocycles. The molecule has 1 rings (SSSR count). The number of nitrogens with two attached hydrogens (primary N) is 1. The Hall–Kier alpha value is -1.62. The van der Waals surface area contributed by atoms with Gasteiger partial charge in [0.25, 0.3) is 0 Å². The first-order valence-corrected chi connectivity index (χ1v) is 7.33. The number of nitrogens with one attached hydrogen (secondary N) is 1. The van der Waals surface area contributed by atoms with Gasteiger partial charge in [-0.05, 0) is 38.1 Å². The fraction of sp³-hybridized carbons (Fsp3) is 0.417. The van der Waals surface area contributed by atoms with Crippen molar-refractivity contribution in [1.82, 2.24) is 4.31 Å². The van der Waals surface area contributed by atoms with Gasteiger partial charge in [0.15, 0.2) is 0 Å². The lowest BCUT2D eigenvalue weighted by Crippen LogP contribution is -2.37. The second kappa shape index (κ2) is 6.52. The SMILES string of the molecule is CC(C)N(CCC#N)S(=O)(=O)c1ccc(NN)cc1. The average molecular weight is 282 g/mol. The molecule has 7 heteroatoms. The summed E-state index contributed by atoms with van der Waals surface area (Å²) in [5, 5.41) is 8.61. The van der Waals surface area contributed by atoms with Crippen LogP contribution in [0.2, 0.25) is 0 Å². The van der Waals surface area contributed by atoms with E-state index in [0.29, 0.717) is 5.69 Å². The van der Waals surface area contributed by atoms with Crippen LogP contribution in [0, 0.1) is 11.3 Å². The van der Waals surface area contributed by atoms with Gasteiger partial charge in [0.05, 0.1) is 11.0 Å². The minimum absolute atomic E-state index is 0.167. The molecule has 3 N–H and O–H groups in total. The van der Waals surface area contributed by atoms with Crippen LogP contribution in [0.25, 0.3) is 0 Å². The highest BCUT2D eigenvalue weighted by molar-refractivity contribution is 7.89. The Morgan fingerprint density at radius 1 is 1.37 bits per heavy atom. The van der Waals surface area contributed by atoms with E-state index in [4.69, 9.17) is 11.1 Å². The number of hydrogen-bond donors (Lipinski definition) is 2. The second-order valence-electron chi connectivity index (χ2n) is 4.29. The molecule has 0 aromatic heterocycles. The van der Waals surface area contributed by atoms with Gasteiger partial charge in [0.1, 0.15) is 0 Å². The summed E-state index contributed by atoms with van der Waals surface area (Å²) in [6.07, 6.45) is 0.167. The van der Waals surface area contributed by atoms with Crippen molar-refractivity contribution in [1.29, 1.82) is 5.26 Å². The van der Waals surface area contributed by atoms with E-state index >= 15 is 0 Å². The minimum atomic E-state index is -3.58. The molecule has 0 spiro atoms. The average Bonchev–Trinajstić information content (AvgIpc) is 2.38. The van der Waals surface area contributed by atoms with Crippen molar-refractivity contribution in [3.63, 3.8) is 0 Å². The zero-order chi connectivity index (χ0) is 14.5. The Morgan fingerprint density at radius 2 is 1.95 bits per heavy atom. The summed E-state index contributed by atoms with van der Waals surface area (Å²) in [7, 11) is -3.58. The molecule has 0 fully saturated rings. The van der Waals surface area contributed by atoms with Crippen molar-refractivity contribution in [3.8, 4) is 6.07 Å². The van der Waals surface area contributed by atoms with E-state index in [1.165, 1.54) is 16.4 Å². The topological polar surface area (TPSA) is 99.2 Å². The normalized spacial score (nSPS) is 11.6. The highest BCUT2D eigenvalue weighted by atomic mass is 32.2. The van der Waals surface area contributed by atoms with Gasteiger partial charge in [0.2, 0.25) is 10.0 Å². The fourth-order valence-corrected chi connectivity index (χ4v) is 3.31. The van der Waals surface area contributed by atoms with Crippen LogP contribution < -0.4 is 11.3 Å². The lowest BCUT2D eigenvalue weighted by atomic mass is 10.3. The largest absolute Gasteiger partial charge is 0.324 e. The predicted molar refractivity (Wildman–Crippen MR) is 73.5 cm³/mol. The van der Waals surface area contributed by atoms with Crippen LogP contribution in [-0.4, -0.2) is 25.3 Å². The van der Waals surface area contributed by atoms with Gasteiger partial charge in [-0.25, -0.2) is 8.42 Å². The van der Waals surface area contributed by atoms with Crippen LogP contribution in [-0.2, 0) is 10.0 Å². The molecule has 0 saturated carbocycles. The highest BCUT2D eigenvalue weighted by Gasteiger charge is 2.26. The molecule has 0 heterocycles. The first-order chi connectivity index (χ1) is 8.93. The molecule has 0 unspecified atom stereocenters. The number of nitrogen functional groups attached to an aromatic ring is 1. The van der Waals surface area contributed by atoms with Crippen molar-refractivity contribution in [3.05, 3.63) is 24.3 Å². The van der Waals surface area contributed by atoms with Crippen LogP contribution in [0.15, 0.2) is 29.2 Å². The first-order valence-electron chi connectivity index (χ1n) is 5.89. The highest BCUT2D eigenvalue weighted by Crippen LogP contribution is 2.20. The second-order valence-corrected chi connectivity index (χ2v) is 6.18. The van der Waals surface area contributed by atoms with Gasteiger partial charge >= 0.3 is 0 Å². The van der Waals surface area contributed by atoms with Crippen LogP contribution in [0.5, 0.6) is 0 Å². The summed E-state index contributed by atoms with van der Waals surface area (Å²) >= 11 is 0. The van der Waals surface area contributed by atoms with Gasteiger partial charge in [-0.3, -0.25) is 5.84 Å². The van der Waals surface area contributed by atoms with Crippen molar-refractivity contribution in [2.24, 2.45) is 5.84 Å². The van der Waals surface area contributed by atoms with Crippen LogP contribution in [0.1, 0.15) is 20.3 Å². The quantitative estimate of drug-likeness (QED) is 0.605. The number of hydrogen-bond acceptors (Lipinski definition) is 5. The summed E-state index contributed by atoms with van der Waals surface area (Å²) in [6, 6.07) is 7.93. The van der Waals surface area contributed by atoms with E-state index in [1.54, 1.807) is 26.0 Å². The Bertz CT molecular complexity index is 546. The summed E-state index contributed by atoms with van der Waals surface area (Å²) in [6.45, 7) is 3.75. The number of benzene rings is 1. The van der Waals surface area contributed by atoms with E-state index in [2.05, 4.69) is 5.43 Å². The molecule has 6 nitrogen and oxygen atoms in total. The maximum atomic E-state index is 12.4. The Kier molecular flexibility index (Phi) is 5.30. The zero-order valence-electron chi connectivity index (χ0n) is 11.0. The third-order valence-corrected chi connectivity index (χ3v) is 4.74. The molecule has 0 amide bonds. The molecule has 104 valence electrons. The van der Waals surface area contributed by atoms with Crippen molar-refractivity contribution < 1.29 is 8.42 Å². The molecule has 0 aliphatic carbocycles. The predicted octanol–water partition coefficient (Wildman–Crippen LogP) is 1.28. The van der Waals surface area contributed by atoms with E-state index < -0.39 is 10.0 Å². The van der Waals surface area contributed by atoms with E-state index in [1.807, 2.05) is 6.07 Å². The molecule has 1 aromatic rings. The molecular formula is C12H18N4O2S. The summed E-state index contributed by atoms with van der Waals surface area (Å²) in [5.74, 6) is 5.24. The molecular weight excluding hydrogens is 264 g/mol. The van der Waals surface area contributed by atoms with Crippen LogP contribution in [0.4, 0.5) is 5.69 Å². The Labute approximate surface area is 113 Å². The smallest absolute Gasteiger partial charge is 0.243 e. The number of anilines is 1. The molecule has 0 aliphatic rings. The number of nitriles is 1. The van der Waals surface area contributed by atoms with Gasteiger partial charge in [0, 0.05) is 24.7 Å². The van der Waals surface area contributed by atoms with Gasteiger partial charge in [-0.2, -0.15) is 9.57 Å². The summed E-state index contributed by atoms with van der Waals surface area (Å²) < 4.78 is 26.2. The molecule has 0 radical (unpaired) electrons. The summed E-state index contributed by atoms with van der Waals surface area (Å²) in [4.78, 5) is 0.193. The Morgan fingerprint density at radius 3 is 2.37 bits per heavy atom. The number of sulfonamides is 1. The van der Waals surface area contributed by atoms with Crippen LogP contribution >= 0.6 is 0 Å². The third-order valence-electron chi connectivity index (χ3n) is 2.65. The maximum Gasteiger partial charge on any atom is 0.243 e. The van der Waals surface area contributed by atoms with Gasteiger partial charge < -0.3 is 5.43 Å². The van der Waals surface area contributed by atoms with E-state index in [0.717, 1.165) is 0 Å². The lowest BCUT2D eigenvalue weighted by Gasteiger charge is -2.25. The zero-order valence-corrected chi connectivity index (χ0v) is 11.8. The molecule has 0 bridgehead atoms. The van der Waals surface area contributed by atoms with E-state index in [9.17, 15) is 8.42 Å². The lowest BCUT2D eigenvalue weighted by molar-refractivity contribution is 0.360. The third kappa shape index (κ3) is 3.67. The monoisotopic (exact) mass is 282 g/mol.